The molecule has 3 aromatic rings. The first-order valence-electron chi connectivity index (χ1n) is 5.43. The van der Waals surface area contributed by atoms with E-state index in [9.17, 15) is 4.79 Å². The van der Waals surface area contributed by atoms with E-state index >= 15 is 0 Å². The molecule has 0 atom stereocenters. The van der Waals surface area contributed by atoms with Gasteiger partial charge in [0.2, 0.25) is 11.7 Å². The Kier molecular flexibility index (Phi) is 3.56. The second-order valence-electron chi connectivity index (χ2n) is 3.76. The summed E-state index contributed by atoms with van der Waals surface area (Å²) in [5.41, 5.74) is -0.505. The average Bonchev–Trinajstić information content (AvgIpc) is 3.10. The van der Waals surface area contributed by atoms with Gasteiger partial charge in [-0.3, -0.25) is 4.79 Å². The van der Waals surface area contributed by atoms with Crippen LogP contribution in [0.15, 0.2) is 33.0 Å². The lowest BCUT2D eigenvalue weighted by atomic mass is 10.4. The summed E-state index contributed by atoms with van der Waals surface area (Å²) in [7, 11) is 0. The van der Waals surface area contributed by atoms with Gasteiger partial charge < -0.3 is 4.52 Å². The molecule has 0 saturated heterocycles. The van der Waals surface area contributed by atoms with Crippen molar-refractivity contribution in [1.29, 1.82) is 0 Å². The maximum Gasteiger partial charge on any atom is 0.287 e. The second-order valence-corrected chi connectivity index (χ2v) is 5.49. The average molecular weight is 329 g/mol. The molecule has 0 N–H and O–H groups in total. The van der Waals surface area contributed by atoms with E-state index in [-0.39, 0.29) is 22.5 Å². The third kappa shape index (κ3) is 2.47. The van der Waals surface area contributed by atoms with Crippen LogP contribution in [0, 0.1) is 0 Å². The lowest BCUT2D eigenvalue weighted by Gasteiger charge is -2.01. The van der Waals surface area contributed by atoms with Crippen LogP contribution >= 0.6 is 34.5 Å². The minimum Gasteiger partial charge on any atom is -0.337 e. The topological polar surface area (TPSA) is 73.8 Å². The van der Waals surface area contributed by atoms with Crippen molar-refractivity contribution in [3.63, 3.8) is 0 Å². The van der Waals surface area contributed by atoms with E-state index in [1.807, 2.05) is 17.5 Å². The van der Waals surface area contributed by atoms with Gasteiger partial charge in [0.05, 0.1) is 16.1 Å². The third-order valence-corrected chi connectivity index (χ3v) is 4.05. The van der Waals surface area contributed by atoms with Crippen LogP contribution in [-0.2, 0) is 6.54 Å². The Balaban J connectivity index is 1.89. The first-order chi connectivity index (χ1) is 9.65. The number of aromatic nitrogens is 4. The molecule has 0 aliphatic heterocycles. The van der Waals surface area contributed by atoms with Crippen molar-refractivity contribution >= 4 is 34.5 Å². The van der Waals surface area contributed by atoms with Gasteiger partial charge in [-0.25, -0.2) is 4.68 Å². The SMILES string of the molecule is O=c1c(Cl)c(Cl)cnn1Cc1nc(-c2cccs2)no1. The van der Waals surface area contributed by atoms with Crippen molar-refractivity contribution in [2.75, 3.05) is 0 Å². The minimum atomic E-state index is -0.505. The second kappa shape index (κ2) is 5.35. The van der Waals surface area contributed by atoms with Crippen LogP contribution in [0.3, 0.4) is 0 Å². The highest BCUT2D eigenvalue weighted by Crippen LogP contribution is 2.21. The van der Waals surface area contributed by atoms with Gasteiger partial charge in [-0.05, 0) is 11.4 Å². The van der Waals surface area contributed by atoms with E-state index in [4.69, 9.17) is 27.7 Å². The summed E-state index contributed by atoms with van der Waals surface area (Å²) in [6.07, 6.45) is 1.29. The smallest absolute Gasteiger partial charge is 0.287 e. The normalized spacial score (nSPS) is 10.9. The largest absolute Gasteiger partial charge is 0.337 e. The zero-order chi connectivity index (χ0) is 14.1. The van der Waals surface area contributed by atoms with Gasteiger partial charge in [0, 0.05) is 0 Å². The van der Waals surface area contributed by atoms with Gasteiger partial charge in [-0.15, -0.1) is 11.3 Å². The lowest BCUT2D eigenvalue weighted by molar-refractivity contribution is 0.363. The van der Waals surface area contributed by atoms with Crippen molar-refractivity contribution in [1.82, 2.24) is 19.9 Å². The molecule has 0 aliphatic carbocycles. The van der Waals surface area contributed by atoms with E-state index in [0.29, 0.717) is 5.82 Å². The Morgan fingerprint density at radius 1 is 1.40 bits per heavy atom. The van der Waals surface area contributed by atoms with Crippen LogP contribution in [0.5, 0.6) is 0 Å². The van der Waals surface area contributed by atoms with E-state index in [1.165, 1.54) is 17.5 Å². The zero-order valence-electron chi connectivity index (χ0n) is 9.79. The van der Waals surface area contributed by atoms with Gasteiger partial charge in [0.15, 0.2) is 0 Å². The van der Waals surface area contributed by atoms with Crippen LogP contribution in [-0.4, -0.2) is 19.9 Å². The van der Waals surface area contributed by atoms with Gasteiger partial charge in [0.1, 0.15) is 11.6 Å². The summed E-state index contributed by atoms with van der Waals surface area (Å²) in [4.78, 5) is 16.9. The number of nitrogens with zero attached hydrogens (tertiary/aromatic N) is 4. The summed E-state index contributed by atoms with van der Waals surface area (Å²) < 4.78 is 6.20. The first-order valence-corrected chi connectivity index (χ1v) is 7.06. The van der Waals surface area contributed by atoms with Crippen molar-refractivity contribution in [3.8, 4) is 10.7 Å². The fourth-order valence-corrected chi connectivity index (χ4v) is 2.43. The predicted molar refractivity (Wildman–Crippen MR) is 75.2 cm³/mol. The van der Waals surface area contributed by atoms with E-state index in [2.05, 4.69) is 15.2 Å². The first kappa shape index (κ1) is 13.3. The van der Waals surface area contributed by atoms with Gasteiger partial charge in [-0.1, -0.05) is 34.4 Å². The highest BCUT2D eigenvalue weighted by molar-refractivity contribution is 7.13. The molecule has 0 fully saturated rings. The standard InChI is InChI=1S/C11H6Cl2N4O2S/c12-6-4-14-17(11(18)9(6)13)5-8-15-10(16-19-8)7-2-1-3-20-7/h1-4H,5H2. The van der Waals surface area contributed by atoms with Crippen LogP contribution in [0.1, 0.15) is 5.89 Å². The molecule has 3 rings (SSSR count). The van der Waals surface area contributed by atoms with Crippen molar-refractivity contribution in [3.05, 3.63) is 50.0 Å². The molecule has 9 heteroatoms. The Hall–Kier alpha value is -1.70. The number of thiophene rings is 1. The van der Waals surface area contributed by atoms with Crippen molar-refractivity contribution < 1.29 is 4.52 Å². The Morgan fingerprint density at radius 2 is 2.25 bits per heavy atom. The van der Waals surface area contributed by atoms with Gasteiger partial charge >= 0.3 is 0 Å². The lowest BCUT2D eigenvalue weighted by Crippen LogP contribution is -2.23. The zero-order valence-corrected chi connectivity index (χ0v) is 12.1. The van der Waals surface area contributed by atoms with Crippen LogP contribution in [0.2, 0.25) is 10.0 Å². The molecule has 0 aliphatic rings. The van der Waals surface area contributed by atoms with E-state index in [0.717, 1.165) is 9.56 Å². The molecule has 102 valence electrons. The molecule has 0 amide bonds. The van der Waals surface area contributed by atoms with Crippen LogP contribution in [0.25, 0.3) is 10.7 Å². The monoisotopic (exact) mass is 328 g/mol. The Labute approximate surface area is 126 Å². The molecule has 3 aromatic heterocycles. The molecule has 0 radical (unpaired) electrons. The number of halogens is 2. The highest BCUT2D eigenvalue weighted by Gasteiger charge is 2.13. The molecule has 0 unspecified atom stereocenters. The Bertz CT molecular complexity index is 797. The fraction of sp³-hybridized carbons (Fsp3) is 0.0909. The minimum absolute atomic E-state index is 0.0358. The molecule has 6 nitrogen and oxygen atoms in total. The van der Waals surface area contributed by atoms with Gasteiger partial charge in [0.25, 0.3) is 5.56 Å². The molecule has 0 bridgehead atoms. The van der Waals surface area contributed by atoms with Crippen molar-refractivity contribution in [2.45, 2.75) is 6.54 Å². The predicted octanol–water partition coefficient (Wildman–Crippen LogP) is 2.71. The number of rotatable bonds is 3. The number of hydrogen-bond acceptors (Lipinski definition) is 6. The molecule has 0 aromatic carbocycles. The highest BCUT2D eigenvalue weighted by atomic mass is 35.5. The molecule has 0 spiro atoms. The number of hydrogen-bond donors (Lipinski definition) is 0. The Morgan fingerprint density at radius 3 is 3.00 bits per heavy atom. The molecular formula is C11H6Cl2N4O2S. The molecular weight excluding hydrogens is 323 g/mol. The summed E-state index contributed by atoms with van der Waals surface area (Å²) in [6, 6.07) is 3.77. The molecule has 3 heterocycles. The summed E-state index contributed by atoms with van der Waals surface area (Å²) in [6.45, 7) is 0.0358. The maximum atomic E-state index is 11.8. The maximum absolute atomic E-state index is 11.8. The molecule has 0 saturated carbocycles. The summed E-state index contributed by atoms with van der Waals surface area (Å²) >= 11 is 13.0. The van der Waals surface area contributed by atoms with E-state index < -0.39 is 5.56 Å². The third-order valence-electron chi connectivity index (χ3n) is 2.44. The van der Waals surface area contributed by atoms with E-state index in [1.54, 1.807) is 0 Å². The van der Waals surface area contributed by atoms with Crippen LogP contribution < -0.4 is 5.56 Å². The summed E-state index contributed by atoms with van der Waals surface area (Å²) in [5.74, 6) is 0.740. The van der Waals surface area contributed by atoms with Crippen molar-refractivity contribution in [2.24, 2.45) is 0 Å². The summed E-state index contributed by atoms with van der Waals surface area (Å²) in [5, 5.41) is 9.65. The van der Waals surface area contributed by atoms with Gasteiger partial charge in [-0.2, -0.15) is 10.1 Å². The molecule has 20 heavy (non-hydrogen) atoms. The van der Waals surface area contributed by atoms with Crippen LogP contribution in [0.4, 0.5) is 0 Å². The quantitative estimate of drug-likeness (QED) is 0.739. The fourth-order valence-electron chi connectivity index (χ4n) is 1.51.